The minimum atomic E-state index is -4.50. The van der Waals surface area contributed by atoms with Crippen molar-refractivity contribution in [3.05, 3.63) is 59.4 Å². The number of benzene rings is 1. The van der Waals surface area contributed by atoms with Crippen LogP contribution in [0.3, 0.4) is 0 Å². The third-order valence-corrected chi connectivity index (χ3v) is 4.41. The van der Waals surface area contributed by atoms with Crippen LogP contribution >= 0.6 is 0 Å². The molecule has 1 heterocycles. The van der Waals surface area contributed by atoms with Gasteiger partial charge >= 0.3 is 12.1 Å². The lowest BCUT2D eigenvalue weighted by atomic mass is 10.0. The van der Waals surface area contributed by atoms with Gasteiger partial charge in [0.2, 0.25) is 5.95 Å². The number of nitrogens with one attached hydrogen (secondary N) is 2. The summed E-state index contributed by atoms with van der Waals surface area (Å²) >= 11 is 0. The first-order valence-electron chi connectivity index (χ1n) is 9.10. The molecule has 2 N–H and O–H groups in total. The molecule has 162 valence electrons. The Morgan fingerprint density at radius 2 is 2.10 bits per heavy atom. The molecule has 0 spiro atoms. The van der Waals surface area contributed by atoms with E-state index in [1.165, 1.54) is 19.2 Å². The van der Waals surface area contributed by atoms with Crippen LogP contribution in [-0.4, -0.2) is 36.8 Å². The molecule has 30 heavy (non-hydrogen) atoms. The Balaban J connectivity index is 2.42. The number of rotatable bonds is 9. The van der Waals surface area contributed by atoms with E-state index in [0.29, 0.717) is 18.0 Å². The molecule has 1 atom stereocenters. The SMILES string of the molecule is C=Cc1[nH]c(NC(CC(=O)OC)c2cccc(C(F)(F)F)c2)nc1/C(=C\C)COC. The van der Waals surface area contributed by atoms with Crippen LogP contribution in [0, 0.1) is 0 Å². The van der Waals surface area contributed by atoms with E-state index in [1.54, 1.807) is 13.2 Å². The highest BCUT2D eigenvalue weighted by Gasteiger charge is 2.31. The lowest BCUT2D eigenvalue weighted by Gasteiger charge is -2.19. The summed E-state index contributed by atoms with van der Waals surface area (Å²) in [5.41, 5.74) is 1.48. The Kier molecular flexibility index (Phi) is 7.82. The Bertz CT molecular complexity index is 920. The standard InChI is InChI=1S/C21H24F3N3O3/c1-5-13(12-29-3)19-16(6-2)25-20(27-19)26-17(11-18(28)30-4)14-8-7-9-15(10-14)21(22,23)24/h5-10,17H,2,11-12H2,1,3-4H3,(H2,25,26,27)/b13-5-. The van der Waals surface area contributed by atoms with Gasteiger partial charge in [-0.1, -0.05) is 24.8 Å². The van der Waals surface area contributed by atoms with Gasteiger partial charge in [0.15, 0.2) is 0 Å². The van der Waals surface area contributed by atoms with Crippen LogP contribution in [0.25, 0.3) is 11.6 Å². The number of ether oxygens (including phenoxy) is 2. The molecular weight excluding hydrogens is 399 g/mol. The molecule has 2 aromatic rings. The topological polar surface area (TPSA) is 76.2 Å². The molecule has 6 nitrogen and oxygen atoms in total. The van der Waals surface area contributed by atoms with Crippen molar-refractivity contribution in [3.63, 3.8) is 0 Å². The van der Waals surface area contributed by atoms with Gasteiger partial charge in [-0.25, -0.2) is 4.98 Å². The molecule has 1 aromatic carbocycles. The van der Waals surface area contributed by atoms with Gasteiger partial charge in [0.05, 0.1) is 43.1 Å². The number of hydrogen-bond acceptors (Lipinski definition) is 5. The highest BCUT2D eigenvalue weighted by molar-refractivity contribution is 5.73. The number of aromatic nitrogens is 2. The number of halogens is 3. The fourth-order valence-corrected chi connectivity index (χ4v) is 2.89. The minimum Gasteiger partial charge on any atom is -0.469 e. The second-order valence-corrected chi connectivity index (χ2v) is 6.40. The average Bonchev–Trinajstić information content (AvgIpc) is 3.13. The average molecular weight is 423 g/mol. The predicted octanol–water partition coefficient (Wildman–Crippen LogP) is 4.84. The van der Waals surface area contributed by atoms with E-state index in [1.807, 2.05) is 13.0 Å². The van der Waals surface area contributed by atoms with Crippen molar-refractivity contribution in [1.82, 2.24) is 9.97 Å². The number of H-pyrrole nitrogens is 1. The van der Waals surface area contributed by atoms with Crippen LogP contribution in [0.1, 0.15) is 41.9 Å². The maximum Gasteiger partial charge on any atom is 0.416 e. The molecule has 0 bridgehead atoms. The second kappa shape index (κ2) is 10.1. The summed E-state index contributed by atoms with van der Waals surface area (Å²) in [4.78, 5) is 19.4. The Morgan fingerprint density at radius 3 is 2.67 bits per heavy atom. The van der Waals surface area contributed by atoms with Crippen molar-refractivity contribution in [1.29, 1.82) is 0 Å². The maximum atomic E-state index is 13.1. The largest absolute Gasteiger partial charge is 0.469 e. The lowest BCUT2D eigenvalue weighted by Crippen LogP contribution is -2.18. The Morgan fingerprint density at radius 1 is 1.37 bits per heavy atom. The smallest absolute Gasteiger partial charge is 0.416 e. The van der Waals surface area contributed by atoms with Crippen LogP contribution in [0.2, 0.25) is 0 Å². The predicted molar refractivity (Wildman–Crippen MR) is 109 cm³/mol. The molecule has 0 amide bonds. The van der Waals surface area contributed by atoms with Gasteiger partial charge in [-0.15, -0.1) is 0 Å². The lowest BCUT2D eigenvalue weighted by molar-refractivity contribution is -0.140. The zero-order valence-corrected chi connectivity index (χ0v) is 17.0. The maximum absolute atomic E-state index is 13.1. The number of methoxy groups -OCH3 is 2. The van der Waals surface area contributed by atoms with Gasteiger partial charge in [0.25, 0.3) is 0 Å². The molecule has 1 unspecified atom stereocenters. The highest BCUT2D eigenvalue weighted by Crippen LogP contribution is 2.32. The van der Waals surface area contributed by atoms with Crippen LogP contribution in [0.4, 0.5) is 19.1 Å². The van der Waals surface area contributed by atoms with E-state index in [9.17, 15) is 18.0 Å². The number of nitrogens with zero attached hydrogens (tertiary/aromatic N) is 1. The van der Waals surface area contributed by atoms with Crippen molar-refractivity contribution in [2.24, 2.45) is 0 Å². The number of aromatic amines is 1. The van der Waals surface area contributed by atoms with Gasteiger partial charge in [-0.3, -0.25) is 4.79 Å². The number of esters is 1. The summed E-state index contributed by atoms with van der Waals surface area (Å²) in [5, 5.41) is 3.00. The monoisotopic (exact) mass is 423 g/mol. The van der Waals surface area contributed by atoms with Crippen molar-refractivity contribution in [3.8, 4) is 0 Å². The highest BCUT2D eigenvalue weighted by atomic mass is 19.4. The summed E-state index contributed by atoms with van der Waals surface area (Å²) in [5.74, 6) is -0.296. The number of hydrogen-bond donors (Lipinski definition) is 2. The molecule has 0 aliphatic rings. The fraction of sp³-hybridized carbons (Fsp3) is 0.333. The minimum absolute atomic E-state index is 0.189. The van der Waals surface area contributed by atoms with Gasteiger partial charge in [-0.05, 0) is 30.7 Å². The normalized spacial score (nSPS) is 13.1. The van der Waals surface area contributed by atoms with Gasteiger partial charge in [-0.2, -0.15) is 13.2 Å². The van der Waals surface area contributed by atoms with Crippen LogP contribution in [-0.2, 0) is 20.4 Å². The third-order valence-electron chi connectivity index (χ3n) is 4.41. The zero-order chi connectivity index (χ0) is 22.3. The van der Waals surface area contributed by atoms with E-state index in [4.69, 9.17) is 9.47 Å². The van der Waals surface area contributed by atoms with Crippen LogP contribution in [0.5, 0.6) is 0 Å². The Labute approximate surface area is 172 Å². The van der Waals surface area contributed by atoms with E-state index in [2.05, 4.69) is 21.9 Å². The molecule has 0 aliphatic carbocycles. The summed E-state index contributed by atoms with van der Waals surface area (Å²) in [6.07, 6.45) is -1.27. The van der Waals surface area contributed by atoms with E-state index in [-0.39, 0.29) is 17.9 Å². The number of allylic oxidation sites excluding steroid dienone is 1. The molecular formula is C21H24F3N3O3. The number of anilines is 1. The molecule has 1 aromatic heterocycles. The molecule has 0 fully saturated rings. The zero-order valence-electron chi connectivity index (χ0n) is 17.0. The van der Waals surface area contributed by atoms with E-state index >= 15 is 0 Å². The summed E-state index contributed by atoms with van der Waals surface area (Å²) in [6, 6.07) is 3.98. The third kappa shape index (κ3) is 5.73. The molecule has 0 saturated heterocycles. The molecule has 9 heteroatoms. The molecule has 2 rings (SSSR count). The molecule has 0 aliphatic heterocycles. The first kappa shape index (κ1) is 23.2. The van der Waals surface area contributed by atoms with Gasteiger partial charge in [0, 0.05) is 12.7 Å². The van der Waals surface area contributed by atoms with E-state index < -0.39 is 23.8 Å². The molecule has 0 radical (unpaired) electrons. The van der Waals surface area contributed by atoms with Crippen LogP contribution < -0.4 is 5.32 Å². The molecule has 0 saturated carbocycles. The van der Waals surface area contributed by atoms with Crippen LogP contribution in [0.15, 0.2) is 36.9 Å². The van der Waals surface area contributed by atoms with Crippen molar-refractivity contribution >= 4 is 23.6 Å². The number of carbonyl (C=O) groups is 1. The van der Waals surface area contributed by atoms with Crippen molar-refractivity contribution in [2.45, 2.75) is 25.6 Å². The van der Waals surface area contributed by atoms with Crippen molar-refractivity contribution in [2.75, 3.05) is 26.1 Å². The first-order valence-corrected chi connectivity index (χ1v) is 9.10. The second-order valence-electron chi connectivity index (χ2n) is 6.40. The van der Waals surface area contributed by atoms with Gasteiger partial charge < -0.3 is 19.8 Å². The number of alkyl halides is 3. The summed E-state index contributed by atoms with van der Waals surface area (Å²) in [6.45, 7) is 5.91. The summed E-state index contributed by atoms with van der Waals surface area (Å²) in [7, 11) is 2.78. The van der Waals surface area contributed by atoms with Gasteiger partial charge in [0.1, 0.15) is 0 Å². The number of imidazole rings is 1. The van der Waals surface area contributed by atoms with Crippen molar-refractivity contribution < 1.29 is 27.4 Å². The fourth-order valence-electron chi connectivity index (χ4n) is 2.89. The summed E-state index contributed by atoms with van der Waals surface area (Å²) < 4.78 is 49.3. The Hall–Kier alpha value is -3.07. The van der Waals surface area contributed by atoms with E-state index in [0.717, 1.165) is 17.7 Å². The number of carbonyl (C=O) groups excluding carboxylic acids is 1. The quantitative estimate of drug-likeness (QED) is 0.565. The first-order chi connectivity index (χ1) is 14.2.